The number of hydrogen-bond acceptors (Lipinski definition) is 3. The summed E-state index contributed by atoms with van der Waals surface area (Å²) >= 11 is 3.14. The average Bonchev–Trinajstić information content (AvgIpc) is 2.96. The molecule has 0 bridgehead atoms. The van der Waals surface area contributed by atoms with E-state index in [1.165, 1.54) is 6.07 Å². The highest BCUT2D eigenvalue weighted by atomic mass is 79.9. The third-order valence-corrected chi connectivity index (χ3v) is 3.59. The third-order valence-electron chi connectivity index (χ3n) is 2.98. The molecule has 0 saturated carbocycles. The molecule has 19 heavy (non-hydrogen) atoms. The average molecular weight is 324 g/mol. The van der Waals surface area contributed by atoms with Gasteiger partial charge in [-0.1, -0.05) is 0 Å². The molecule has 0 amide bonds. The summed E-state index contributed by atoms with van der Waals surface area (Å²) < 4.78 is 21.0. The molecular formula is C13H11BrFN3O. The van der Waals surface area contributed by atoms with Gasteiger partial charge in [-0.25, -0.2) is 9.37 Å². The summed E-state index contributed by atoms with van der Waals surface area (Å²) in [7, 11) is 0. The number of imidazole rings is 1. The van der Waals surface area contributed by atoms with Gasteiger partial charge in [0.25, 0.3) is 0 Å². The molecule has 2 N–H and O–H groups in total. The Labute approximate surface area is 117 Å². The number of aryl methyl sites for hydroxylation is 2. The Morgan fingerprint density at radius 2 is 2.26 bits per heavy atom. The van der Waals surface area contributed by atoms with Crippen molar-refractivity contribution < 1.29 is 8.81 Å². The van der Waals surface area contributed by atoms with Crippen LogP contribution in [0.4, 0.5) is 10.3 Å². The lowest BCUT2D eigenvalue weighted by molar-refractivity contribution is 0.494. The molecule has 0 saturated heterocycles. The van der Waals surface area contributed by atoms with Crippen LogP contribution in [0.2, 0.25) is 0 Å². The van der Waals surface area contributed by atoms with Crippen molar-refractivity contribution in [2.75, 3.05) is 5.73 Å². The van der Waals surface area contributed by atoms with Crippen molar-refractivity contribution in [1.29, 1.82) is 0 Å². The normalized spacial score (nSPS) is 11.3. The Balaban J connectivity index is 1.98. The monoisotopic (exact) mass is 323 g/mol. The zero-order valence-electron chi connectivity index (χ0n) is 9.94. The van der Waals surface area contributed by atoms with Crippen LogP contribution in [0.25, 0.3) is 11.0 Å². The van der Waals surface area contributed by atoms with E-state index in [-0.39, 0.29) is 5.82 Å². The summed E-state index contributed by atoms with van der Waals surface area (Å²) in [4.78, 5) is 4.23. The molecule has 1 aromatic carbocycles. The Kier molecular flexibility index (Phi) is 3.02. The summed E-state index contributed by atoms with van der Waals surface area (Å²) in [5.74, 6) is 0.907. The Bertz CT molecular complexity index is 721. The topological polar surface area (TPSA) is 57.0 Å². The van der Waals surface area contributed by atoms with Gasteiger partial charge in [0.1, 0.15) is 11.6 Å². The molecule has 3 aromatic rings. The van der Waals surface area contributed by atoms with Gasteiger partial charge in [-0.2, -0.15) is 0 Å². The van der Waals surface area contributed by atoms with Gasteiger partial charge < -0.3 is 14.7 Å². The molecule has 6 heteroatoms. The number of benzene rings is 1. The first-order valence-corrected chi connectivity index (χ1v) is 6.57. The SMILES string of the molecule is Nc1nc2cc(Br)c(F)cc2n1CCc1ccco1. The number of rotatable bonds is 3. The molecule has 2 aromatic heterocycles. The smallest absolute Gasteiger partial charge is 0.201 e. The minimum absolute atomic E-state index is 0.327. The first-order chi connectivity index (χ1) is 9.15. The summed E-state index contributed by atoms with van der Waals surface area (Å²) in [6.45, 7) is 0.594. The fraction of sp³-hybridized carbons (Fsp3) is 0.154. The van der Waals surface area contributed by atoms with Crippen LogP contribution in [0.3, 0.4) is 0 Å². The molecule has 0 atom stereocenters. The second kappa shape index (κ2) is 4.70. The van der Waals surface area contributed by atoms with Crippen molar-refractivity contribution >= 4 is 32.9 Å². The van der Waals surface area contributed by atoms with E-state index in [4.69, 9.17) is 10.2 Å². The molecule has 0 unspecified atom stereocenters. The number of nitrogen functional groups attached to an aromatic ring is 1. The lowest BCUT2D eigenvalue weighted by Crippen LogP contribution is -2.05. The summed E-state index contributed by atoms with van der Waals surface area (Å²) in [6.07, 6.45) is 2.31. The van der Waals surface area contributed by atoms with Crippen molar-refractivity contribution in [3.63, 3.8) is 0 Å². The van der Waals surface area contributed by atoms with Gasteiger partial charge in [-0.3, -0.25) is 0 Å². The van der Waals surface area contributed by atoms with Gasteiger partial charge in [0, 0.05) is 19.0 Å². The van der Waals surface area contributed by atoms with Gasteiger partial charge in [0.2, 0.25) is 5.95 Å². The van der Waals surface area contributed by atoms with E-state index < -0.39 is 0 Å². The van der Waals surface area contributed by atoms with E-state index >= 15 is 0 Å². The zero-order valence-corrected chi connectivity index (χ0v) is 11.5. The minimum Gasteiger partial charge on any atom is -0.469 e. The standard InChI is InChI=1S/C13H11BrFN3O/c14-9-6-11-12(7-10(9)15)18(13(16)17-11)4-3-8-2-1-5-19-8/h1-2,5-7H,3-4H2,(H2,16,17). The fourth-order valence-corrected chi connectivity index (χ4v) is 2.38. The van der Waals surface area contributed by atoms with Crippen LogP contribution in [-0.4, -0.2) is 9.55 Å². The van der Waals surface area contributed by atoms with Crippen molar-refractivity contribution in [3.05, 3.63) is 46.6 Å². The maximum absolute atomic E-state index is 13.6. The number of furan rings is 1. The van der Waals surface area contributed by atoms with Crippen LogP contribution in [0.15, 0.2) is 39.4 Å². The molecule has 0 aliphatic rings. The first kappa shape index (κ1) is 12.2. The van der Waals surface area contributed by atoms with Gasteiger partial charge in [-0.05, 0) is 34.1 Å². The number of anilines is 1. The largest absolute Gasteiger partial charge is 0.469 e. The molecule has 2 heterocycles. The number of aromatic nitrogens is 2. The molecule has 0 spiro atoms. The molecule has 98 valence electrons. The van der Waals surface area contributed by atoms with Crippen LogP contribution in [0, 0.1) is 5.82 Å². The van der Waals surface area contributed by atoms with Gasteiger partial charge in [0.05, 0.1) is 21.8 Å². The predicted octanol–water partition coefficient (Wildman–Crippen LogP) is 3.36. The first-order valence-electron chi connectivity index (χ1n) is 5.78. The van der Waals surface area contributed by atoms with E-state index in [2.05, 4.69) is 20.9 Å². The van der Waals surface area contributed by atoms with E-state index in [9.17, 15) is 4.39 Å². The van der Waals surface area contributed by atoms with Gasteiger partial charge >= 0.3 is 0 Å². The van der Waals surface area contributed by atoms with Crippen LogP contribution in [0.5, 0.6) is 0 Å². The zero-order chi connectivity index (χ0) is 13.4. The molecule has 3 rings (SSSR count). The van der Waals surface area contributed by atoms with Crippen molar-refractivity contribution in [2.24, 2.45) is 0 Å². The fourth-order valence-electron chi connectivity index (χ4n) is 2.05. The second-order valence-electron chi connectivity index (χ2n) is 4.21. The Morgan fingerprint density at radius 3 is 3.00 bits per heavy atom. The number of halogens is 2. The van der Waals surface area contributed by atoms with Crippen LogP contribution < -0.4 is 5.73 Å². The molecule has 0 radical (unpaired) electrons. The quantitative estimate of drug-likeness (QED) is 0.804. The van der Waals surface area contributed by atoms with Crippen LogP contribution in [-0.2, 0) is 13.0 Å². The summed E-state index contributed by atoms with van der Waals surface area (Å²) in [5.41, 5.74) is 7.23. The summed E-state index contributed by atoms with van der Waals surface area (Å²) in [5, 5.41) is 0. The maximum Gasteiger partial charge on any atom is 0.201 e. The molecule has 0 fully saturated rings. The molecular weight excluding hydrogens is 313 g/mol. The molecule has 4 nitrogen and oxygen atoms in total. The third kappa shape index (κ3) is 2.23. The highest BCUT2D eigenvalue weighted by Crippen LogP contribution is 2.25. The van der Waals surface area contributed by atoms with Crippen LogP contribution in [0.1, 0.15) is 5.76 Å². The highest BCUT2D eigenvalue weighted by Gasteiger charge is 2.12. The van der Waals surface area contributed by atoms with Gasteiger partial charge in [0.15, 0.2) is 0 Å². The number of hydrogen-bond donors (Lipinski definition) is 1. The highest BCUT2D eigenvalue weighted by molar-refractivity contribution is 9.10. The number of nitrogens with zero attached hydrogens (tertiary/aromatic N) is 2. The van der Waals surface area contributed by atoms with Crippen molar-refractivity contribution in [1.82, 2.24) is 9.55 Å². The second-order valence-corrected chi connectivity index (χ2v) is 5.06. The predicted molar refractivity (Wildman–Crippen MR) is 74.2 cm³/mol. The minimum atomic E-state index is -0.327. The summed E-state index contributed by atoms with van der Waals surface area (Å²) in [6, 6.07) is 6.79. The van der Waals surface area contributed by atoms with E-state index in [0.717, 1.165) is 5.76 Å². The lowest BCUT2D eigenvalue weighted by Gasteiger charge is -2.05. The van der Waals surface area contributed by atoms with Crippen molar-refractivity contribution in [3.8, 4) is 0 Å². The van der Waals surface area contributed by atoms with E-state index in [1.807, 2.05) is 12.1 Å². The lowest BCUT2D eigenvalue weighted by atomic mass is 10.3. The van der Waals surface area contributed by atoms with E-state index in [1.54, 1.807) is 16.9 Å². The van der Waals surface area contributed by atoms with Gasteiger partial charge in [-0.15, -0.1) is 0 Å². The Hall–Kier alpha value is -1.82. The van der Waals surface area contributed by atoms with Crippen LogP contribution >= 0.6 is 15.9 Å². The number of nitrogens with two attached hydrogens (primary N) is 1. The Morgan fingerprint density at radius 1 is 1.42 bits per heavy atom. The molecule has 0 aliphatic carbocycles. The maximum atomic E-state index is 13.6. The van der Waals surface area contributed by atoms with E-state index in [0.29, 0.717) is 34.4 Å². The molecule has 0 aliphatic heterocycles. The number of fused-ring (bicyclic) bond motifs is 1. The van der Waals surface area contributed by atoms with Crippen molar-refractivity contribution in [2.45, 2.75) is 13.0 Å².